The first-order valence-electron chi connectivity index (χ1n) is 8.74. The van der Waals surface area contributed by atoms with Crippen molar-refractivity contribution >= 4 is 25.2 Å². The zero-order valence-corrected chi connectivity index (χ0v) is 19.9. The fourth-order valence-electron chi connectivity index (χ4n) is 2.75. The highest BCUT2D eigenvalue weighted by Crippen LogP contribution is 2.30. The Kier molecular flexibility index (Phi) is 25.1. The SMILES string of the molecule is C.C.C.C.C.C.COc1cc(OCCC[Si](C)(O[Si](C)(C)C)O[Si](C)(C)C)ccc1O. The Hall–Kier alpha value is -0.809. The molecule has 1 aromatic rings. The number of phenolic OH excluding ortho intramolecular Hbond substituents is 1. The van der Waals surface area contributed by atoms with E-state index in [0.29, 0.717) is 18.1 Å². The van der Waals surface area contributed by atoms with Crippen LogP contribution in [0.15, 0.2) is 18.2 Å². The Morgan fingerprint density at radius 2 is 1.23 bits per heavy atom. The van der Waals surface area contributed by atoms with Crippen LogP contribution in [-0.4, -0.2) is 44.0 Å². The smallest absolute Gasteiger partial charge is 0.314 e. The van der Waals surface area contributed by atoms with Crippen molar-refractivity contribution in [1.29, 1.82) is 0 Å². The quantitative estimate of drug-likeness (QED) is 0.258. The van der Waals surface area contributed by atoms with Crippen LogP contribution in [-0.2, 0) is 8.23 Å². The molecule has 0 unspecified atom stereocenters. The average Bonchev–Trinajstić information content (AvgIpc) is 2.41. The number of hydrogen-bond acceptors (Lipinski definition) is 5. The van der Waals surface area contributed by atoms with E-state index in [1.165, 1.54) is 7.11 Å². The first kappa shape index (κ1) is 44.0. The van der Waals surface area contributed by atoms with Crippen molar-refractivity contribution in [1.82, 2.24) is 0 Å². The van der Waals surface area contributed by atoms with Gasteiger partial charge in [0, 0.05) is 6.07 Å². The third kappa shape index (κ3) is 18.5. The van der Waals surface area contributed by atoms with E-state index in [-0.39, 0.29) is 50.3 Å². The highest BCUT2D eigenvalue weighted by Gasteiger charge is 2.39. The van der Waals surface area contributed by atoms with Crippen LogP contribution >= 0.6 is 0 Å². The Labute approximate surface area is 200 Å². The van der Waals surface area contributed by atoms with Gasteiger partial charge in [0.1, 0.15) is 5.75 Å². The maximum absolute atomic E-state index is 9.63. The summed E-state index contributed by atoms with van der Waals surface area (Å²) in [6.07, 6.45) is 0.876. The lowest BCUT2D eigenvalue weighted by atomic mass is 10.3. The molecule has 0 aliphatic carbocycles. The van der Waals surface area contributed by atoms with Crippen LogP contribution in [0, 0.1) is 0 Å². The molecule has 0 spiro atoms. The summed E-state index contributed by atoms with van der Waals surface area (Å²) in [4.78, 5) is 0. The van der Waals surface area contributed by atoms with Crippen molar-refractivity contribution in [3.8, 4) is 17.2 Å². The fraction of sp³-hybridized carbons (Fsp3) is 0.739. The van der Waals surface area contributed by atoms with Crippen molar-refractivity contribution in [2.45, 2.75) is 103 Å². The van der Waals surface area contributed by atoms with E-state index >= 15 is 0 Å². The number of ether oxygens (including phenoxy) is 2. The summed E-state index contributed by atoms with van der Waals surface area (Å²) in [6, 6.07) is 5.93. The number of aromatic hydroxyl groups is 1. The van der Waals surface area contributed by atoms with Crippen LogP contribution in [0.1, 0.15) is 51.0 Å². The second-order valence-electron chi connectivity index (χ2n) is 8.35. The number of phenols is 1. The standard InChI is InChI=1S/C17H34O5Si3.6CH4/c1-19-17-14-15(10-11-16(17)18)20-12-9-13-25(8,21-23(2,3)4)22-24(5,6)7;;;;;;/h10-11,14,18H,9,12-13H2,1-8H3;6*1H4. The van der Waals surface area contributed by atoms with E-state index in [4.69, 9.17) is 17.7 Å². The minimum Gasteiger partial charge on any atom is -0.504 e. The van der Waals surface area contributed by atoms with Crippen molar-refractivity contribution < 1.29 is 22.8 Å². The molecule has 5 nitrogen and oxygen atoms in total. The van der Waals surface area contributed by atoms with Gasteiger partial charge in [-0.1, -0.05) is 44.6 Å². The molecule has 31 heavy (non-hydrogen) atoms. The molecule has 0 saturated heterocycles. The third-order valence-corrected chi connectivity index (χ3v) is 12.9. The van der Waals surface area contributed by atoms with Gasteiger partial charge in [-0.15, -0.1) is 0 Å². The summed E-state index contributed by atoms with van der Waals surface area (Å²) in [7, 11) is -4.00. The molecule has 1 N–H and O–H groups in total. The van der Waals surface area contributed by atoms with Gasteiger partial charge in [0.2, 0.25) is 0 Å². The van der Waals surface area contributed by atoms with E-state index in [1.807, 2.05) is 0 Å². The van der Waals surface area contributed by atoms with Gasteiger partial charge < -0.3 is 22.8 Å². The second kappa shape index (κ2) is 17.7. The average molecular weight is 499 g/mol. The zero-order valence-electron chi connectivity index (χ0n) is 16.9. The van der Waals surface area contributed by atoms with Gasteiger partial charge in [-0.3, -0.25) is 0 Å². The highest BCUT2D eigenvalue weighted by atomic mass is 28.5. The maximum Gasteiger partial charge on any atom is 0.314 e. The van der Waals surface area contributed by atoms with Gasteiger partial charge in [0.25, 0.3) is 0 Å². The van der Waals surface area contributed by atoms with Gasteiger partial charge in [-0.2, -0.15) is 0 Å². The third-order valence-electron chi connectivity index (χ3n) is 3.24. The Morgan fingerprint density at radius 1 is 0.774 bits per heavy atom. The normalized spacial score (nSPS) is 10.5. The zero-order chi connectivity index (χ0) is 19.3. The van der Waals surface area contributed by atoms with Crippen LogP contribution in [0.4, 0.5) is 0 Å². The number of benzene rings is 1. The van der Waals surface area contributed by atoms with Crippen molar-refractivity contribution in [3.63, 3.8) is 0 Å². The summed E-state index contributed by atoms with van der Waals surface area (Å²) in [6.45, 7) is 16.1. The highest BCUT2D eigenvalue weighted by molar-refractivity contribution is 6.87. The molecule has 1 rings (SSSR count). The fourth-order valence-corrected chi connectivity index (χ4v) is 15.3. The first-order valence-corrected chi connectivity index (χ1v) is 18.1. The van der Waals surface area contributed by atoms with Crippen LogP contribution in [0.5, 0.6) is 17.2 Å². The van der Waals surface area contributed by atoms with E-state index in [0.717, 1.165) is 12.5 Å². The van der Waals surface area contributed by atoms with E-state index in [1.54, 1.807) is 18.2 Å². The van der Waals surface area contributed by atoms with Crippen molar-refractivity contribution in [2.75, 3.05) is 13.7 Å². The number of rotatable bonds is 10. The lowest BCUT2D eigenvalue weighted by Crippen LogP contribution is -2.52. The summed E-state index contributed by atoms with van der Waals surface area (Å²) in [5, 5.41) is 9.63. The minimum atomic E-state index is -2.21. The molecule has 0 aliphatic rings. The van der Waals surface area contributed by atoms with E-state index < -0.39 is 25.2 Å². The Balaban J connectivity index is -0.000000260. The van der Waals surface area contributed by atoms with Gasteiger partial charge >= 0.3 is 8.56 Å². The van der Waals surface area contributed by atoms with Crippen molar-refractivity contribution in [2.24, 2.45) is 0 Å². The molecule has 0 radical (unpaired) electrons. The predicted molar refractivity (Wildman–Crippen MR) is 150 cm³/mol. The monoisotopic (exact) mass is 498 g/mol. The van der Waals surface area contributed by atoms with Gasteiger partial charge in [0.05, 0.1) is 13.7 Å². The molecule has 0 heterocycles. The van der Waals surface area contributed by atoms with Crippen LogP contribution in [0.2, 0.25) is 51.9 Å². The van der Waals surface area contributed by atoms with E-state index in [9.17, 15) is 5.11 Å². The first-order chi connectivity index (χ1) is 11.3. The lowest BCUT2D eigenvalue weighted by molar-refractivity contribution is 0.302. The van der Waals surface area contributed by atoms with Crippen LogP contribution in [0.25, 0.3) is 0 Å². The van der Waals surface area contributed by atoms with E-state index in [2.05, 4.69) is 45.8 Å². The molecule has 0 fully saturated rings. The van der Waals surface area contributed by atoms with Crippen molar-refractivity contribution in [3.05, 3.63) is 18.2 Å². The number of methoxy groups -OCH3 is 1. The molecule has 0 saturated carbocycles. The molecule has 8 heteroatoms. The topological polar surface area (TPSA) is 57.2 Å². The minimum absolute atomic E-state index is 0. The van der Waals surface area contributed by atoms with Crippen LogP contribution < -0.4 is 9.47 Å². The molecule has 0 atom stereocenters. The summed E-state index contributed by atoms with van der Waals surface area (Å²) < 4.78 is 23.9. The molecule has 0 amide bonds. The van der Waals surface area contributed by atoms with Gasteiger partial charge in [-0.05, 0) is 70.4 Å². The van der Waals surface area contributed by atoms with Crippen LogP contribution in [0.3, 0.4) is 0 Å². The van der Waals surface area contributed by atoms with Gasteiger partial charge in [-0.25, -0.2) is 0 Å². The molecule has 0 bridgehead atoms. The molecular formula is C23H58O5Si3. The maximum atomic E-state index is 9.63. The molecular weight excluding hydrogens is 441 g/mol. The largest absolute Gasteiger partial charge is 0.504 e. The molecule has 1 aromatic carbocycles. The summed E-state index contributed by atoms with van der Waals surface area (Å²) in [5.74, 6) is 1.22. The molecule has 0 aliphatic heterocycles. The predicted octanol–water partition coefficient (Wildman–Crippen LogP) is 8.76. The lowest BCUT2D eigenvalue weighted by Gasteiger charge is -2.38. The Bertz CT molecular complexity index is 539. The number of hydrogen-bond donors (Lipinski definition) is 1. The molecule has 192 valence electrons. The summed E-state index contributed by atoms with van der Waals surface area (Å²) >= 11 is 0. The second-order valence-corrected chi connectivity index (χ2v) is 21.2. The Morgan fingerprint density at radius 3 is 1.61 bits per heavy atom. The summed E-state index contributed by atoms with van der Waals surface area (Å²) in [5.41, 5.74) is 0. The molecule has 0 aromatic heterocycles. The van der Waals surface area contributed by atoms with Gasteiger partial charge in [0.15, 0.2) is 28.1 Å².